The third kappa shape index (κ3) is 3.68. The molecule has 1 aliphatic heterocycles. The molecule has 1 saturated heterocycles. The van der Waals surface area contributed by atoms with Crippen LogP contribution in [0.3, 0.4) is 0 Å². The second-order valence-corrected chi connectivity index (χ2v) is 7.73. The molecule has 1 N–H and O–H groups in total. The van der Waals surface area contributed by atoms with E-state index in [-0.39, 0.29) is 5.91 Å². The summed E-state index contributed by atoms with van der Waals surface area (Å²) in [6.07, 6.45) is 3.81. The number of amides is 1. The lowest BCUT2D eigenvalue weighted by Crippen LogP contribution is -2.42. The van der Waals surface area contributed by atoms with Crippen molar-refractivity contribution in [3.63, 3.8) is 0 Å². The standard InChI is InChI=1S/C18H23ClN2O2S/c1-12-5-3-4-9-21(12)10-8-20-18(22)17-16(23-2)14-11-13(19)6-7-15(14)24-17/h6-7,11-12H,3-5,8-10H2,1-2H3,(H,20,22)/t12-/m1/s1. The molecule has 1 aromatic heterocycles. The van der Waals surface area contributed by atoms with Crippen molar-refractivity contribution in [2.75, 3.05) is 26.7 Å². The highest BCUT2D eigenvalue weighted by atomic mass is 35.5. The molecule has 3 rings (SSSR count). The summed E-state index contributed by atoms with van der Waals surface area (Å²) in [5.74, 6) is 0.537. The third-order valence-electron chi connectivity index (χ3n) is 4.64. The highest BCUT2D eigenvalue weighted by molar-refractivity contribution is 7.21. The van der Waals surface area contributed by atoms with E-state index in [1.807, 2.05) is 18.2 Å². The summed E-state index contributed by atoms with van der Waals surface area (Å²) in [4.78, 5) is 15.6. The molecule has 4 nitrogen and oxygen atoms in total. The number of ether oxygens (including phenoxy) is 1. The Balaban J connectivity index is 1.67. The molecule has 1 atom stereocenters. The predicted octanol–water partition coefficient (Wildman–Crippen LogP) is 4.17. The van der Waals surface area contributed by atoms with Crippen LogP contribution in [0.2, 0.25) is 5.02 Å². The van der Waals surface area contributed by atoms with Gasteiger partial charge in [-0.2, -0.15) is 0 Å². The summed E-state index contributed by atoms with van der Waals surface area (Å²) in [5.41, 5.74) is 0. The Hall–Kier alpha value is -1.30. The molecule has 1 aromatic carbocycles. The number of piperidine rings is 1. The molecule has 0 spiro atoms. The number of hydrogen-bond donors (Lipinski definition) is 1. The van der Waals surface area contributed by atoms with Gasteiger partial charge in [0.05, 0.1) is 7.11 Å². The van der Waals surface area contributed by atoms with Gasteiger partial charge in [-0.1, -0.05) is 18.0 Å². The fourth-order valence-corrected chi connectivity index (χ4v) is 4.52. The zero-order valence-corrected chi connectivity index (χ0v) is 15.7. The highest BCUT2D eigenvalue weighted by Gasteiger charge is 2.21. The number of carbonyl (C=O) groups excluding carboxylic acids is 1. The third-order valence-corrected chi connectivity index (χ3v) is 6.03. The molecule has 24 heavy (non-hydrogen) atoms. The van der Waals surface area contributed by atoms with Crippen molar-refractivity contribution < 1.29 is 9.53 Å². The number of nitrogens with zero attached hydrogens (tertiary/aromatic N) is 1. The number of likely N-dealkylation sites (tertiary alicyclic amines) is 1. The molecule has 0 radical (unpaired) electrons. The smallest absolute Gasteiger partial charge is 0.265 e. The zero-order valence-electron chi connectivity index (χ0n) is 14.1. The van der Waals surface area contributed by atoms with Crippen LogP contribution in [-0.4, -0.2) is 43.6 Å². The Labute approximate surface area is 151 Å². The molecule has 0 bridgehead atoms. The van der Waals surface area contributed by atoms with Gasteiger partial charge in [-0.3, -0.25) is 9.69 Å². The highest BCUT2D eigenvalue weighted by Crippen LogP contribution is 2.38. The quantitative estimate of drug-likeness (QED) is 0.863. The Kier molecular flexibility index (Phi) is 5.64. The number of thiophene rings is 1. The lowest BCUT2D eigenvalue weighted by Gasteiger charge is -2.33. The molecule has 1 amide bonds. The van der Waals surface area contributed by atoms with Gasteiger partial charge in [0.2, 0.25) is 0 Å². The van der Waals surface area contributed by atoms with E-state index in [2.05, 4.69) is 17.1 Å². The first kappa shape index (κ1) is 17.5. The van der Waals surface area contributed by atoms with Crippen molar-refractivity contribution in [2.24, 2.45) is 0 Å². The van der Waals surface area contributed by atoms with Crippen LogP contribution >= 0.6 is 22.9 Å². The monoisotopic (exact) mass is 366 g/mol. The summed E-state index contributed by atoms with van der Waals surface area (Å²) >= 11 is 7.51. The van der Waals surface area contributed by atoms with Crippen molar-refractivity contribution in [1.82, 2.24) is 10.2 Å². The van der Waals surface area contributed by atoms with E-state index in [9.17, 15) is 4.79 Å². The first-order valence-electron chi connectivity index (χ1n) is 8.38. The van der Waals surface area contributed by atoms with E-state index >= 15 is 0 Å². The fourth-order valence-electron chi connectivity index (χ4n) is 3.28. The van der Waals surface area contributed by atoms with Crippen molar-refractivity contribution in [3.8, 4) is 5.75 Å². The molecular formula is C18H23ClN2O2S. The van der Waals surface area contributed by atoms with Gasteiger partial charge in [-0.05, 0) is 44.5 Å². The summed E-state index contributed by atoms with van der Waals surface area (Å²) in [7, 11) is 1.59. The molecule has 2 aromatic rings. The van der Waals surface area contributed by atoms with Gasteiger partial charge in [-0.15, -0.1) is 11.3 Å². The van der Waals surface area contributed by atoms with Gasteiger partial charge in [0.1, 0.15) is 10.6 Å². The maximum atomic E-state index is 12.6. The van der Waals surface area contributed by atoms with Gasteiger partial charge in [0.25, 0.3) is 5.91 Å². The number of hydrogen-bond acceptors (Lipinski definition) is 4. The number of fused-ring (bicyclic) bond motifs is 1. The number of carbonyl (C=O) groups is 1. The fraction of sp³-hybridized carbons (Fsp3) is 0.500. The Morgan fingerprint density at radius 3 is 3.04 bits per heavy atom. The molecule has 2 heterocycles. The van der Waals surface area contributed by atoms with Crippen molar-refractivity contribution in [2.45, 2.75) is 32.2 Å². The van der Waals surface area contributed by atoms with Gasteiger partial charge in [-0.25, -0.2) is 0 Å². The lowest BCUT2D eigenvalue weighted by molar-refractivity contribution is 0.0940. The van der Waals surface area contributed by atoms with Crippen LogP contribution in [0.25, 0.3) is 10.1 Å². The average molecular weight is 367 g/mol. The van der Waals surface area contributed by atoms with Crippen LogP contribution in [-0.2, 0) is 0 Å². The van der Waals surface area contributed by atoms with E-state index in [1.54, 1.807) is 7.11 Å². The summed E-state index contributed by atoms with van der Waals surface area (Å²) in [6, 6.07) is 6.21. The SMILES string of the molecule is COc1c(C(=O)NCCN2CCCC[C@H]2C)sc2ccc(Cl)cc12. The van der Waals surface area contributed by atoms with E-state index < -0.39 is 0 Å². The maximum absolute atomic E-state index is 12.6. The molecule has 130 valence electrons. The van der Waals surface area contributed by atoms with Crippen molar-refractivity contribution in [1.29, 1.82) is 0 Å². The van der Waals surface area contributed by atoms with E-state index in [1.165, 1.54) is 30.6 Å². The lowest BCUT2D eigenvalue weighted by atomic mass is 10.0. The van der Waals surface area contributed by atoms with Gasteiger partial charge in [0.15, 0.2) is 0 Å². The summed E-state index contributed by atoms with van der Waals surface area (Å²) < 4.78 is 6.47. The van der Waals surface area contributed by atoms with E-state index in [0.29, 0.717) is 28.2 Å². The average Bonchev–Trinajstić information content (AvgIpc) is 2.94. The van der Waals surface area contributed by atoms with Crippen LogP contribution < -0.4 is 10.1 Å². The normalized spacial score (nSPS) is 18.7. The number of rotatable bonds is 5. The molecular weight excluding hydrogens is 344 g/mol. The molecule has 0 saturated carbocycles. The second-order valence-electron chi connectivity index (χ2n) is 6.24. The van der Waals surface area contributed by atoms with Crippen molar-refractivity contribution in [3.05, 3.63) is 28.1 Å². The Morgan fingerprint density at radius 2 is 2.29 bits per heavy atom. The van der Waals surface area contributed by atoms with Crippen molar-refractivity contribution >= 4 is 38.9 Å². The number of benzene rings is 1. The topological polar surface area (TPSA) is 41.6 Å². The van der Waals surface area contributed by atoms with Gasteiger partial charge < -0.3 is 10.1 Å². The molecule has 0 unspecified atom stereocenters. The minimum Gasteiger partial charge on any atom is -0.494 e. The van der Waals surface area contributed by atoms with Crippen LogP contribution in [0, 0.1) is 0 Å². The first-order valence-corrected chi connectivity index (χ1v) is 9.58. The van der Waals surface area contributed by atoms with Crippen LogP contribution in [0.5, 0.6) is 5.75 Å². The van der Waals surface area contributed by atoms with Gasteiger partial charge >= 0.3 is 0 Å². The summed E-state index contributed by atoms with van der Waals surface area (Å²) in [5, 5.41) is 4.57. The minimum absolute atomic E-state index is 0.0752. The summed E-state index contributed by atoms with van der Waals surface area (Å²) in [6.45, 7) is 4.94. The number of methoxy groups -OCH3 is 1. The Morgan fingerprint density at radius 1 is 1.46 bits per heavy atom. The second kappa shape index (κ2) is 7.72. The molecule has 6 heteroatoms. The van der Waals surface area contributed by atoms with Crippen LogP contribution in [0.15, 0.2) is 18.2 Å². The minimum atomic E-state index is -0.0752. The zero-order chi connectivity index (χ0) is 17.1. The first-order chi connectivity index (χ1) is 11.6. The molecule has 0 aliphatic carbocycles. The van der Waals surface area contributed by atoms with E-state index in [0.717, 1.165) is 23.2 Å². The van der Waals surface area contributed by atoms with Crippen LogP contribution in [0.4, 0.5) is 0 Å². The largest absolute Gasteiger partial charge is 0.494 e. The number of nitrogens with one attached hydrogen (secondary N) is 1. The molecule has 1 aliphatic rings. The maximum Gasteiger partial charge on any atom is 0.265 e. The Bertz CT molecular complexity index is 731. The molecule has 1 fully saturated rings. The van der Waals surface area contributed by atoms with Gasteiger partial charge in [0, 0.05) is 34.2 Å². The predicted molar refractivity (Wildman–Crippen MR) is 101 cm³/mol. The van der Waals surface area contributed by atoms with Crippen LogP contribution in [0.1, 0.15) is 35.9 Å². The number of halogens is 1. The van der Waals surface area contributed by atoms with E-state index in [4.69, 9.17) is 16.3 Å².